The molecule has 0 aromatic rings. The number of allylic oxidation sites excluding steroid dienone is 1. The van der Waals surface area contributed by atoms with Gasteiger partial charge in [-0.1, -0.05) is 0 Å². The molecule has 1 aliphatic rings. The van der Waals surface area contributed by atoms with Gasteiger partial charge in [-0.05, 0) is 0 Å². The molecule has 2 N–H and O–H groups in total. The van der Waals surface area contributed by atoms with Crippen LogP contribution in [-0.2, 0) is 0 Å². The molecule has 0 spiro atoms. The molecule has 7 heteroatoms. The Hall–Kier alpha value is -1.76. The van der Waals surface area contributed by atoms with Crippen molar-refractivity contribution in [3.63, 3.8) is 0 Å². The van der Waals surface area contributed by atoms with Gasteiger partial charge in [-0.15, -0.1) is 0 Å². The zero-order valence-corrected chi connectivity index (χ0v) is 6.54. The molecule has 1 unspecified atom stereocenters. The highest BCUT2D eigenvalue weighted by molar-refractivity contribution is 5.21. The molecule has 0 bridgehead atoms. The lowest BCUT2D eigenvalue weighted by atomic mass is 10.0. The van der Waals surface area contributed by atoms with Gasteiger partial charge in [0.15, 0.2) is 0 Å². The summed E-state index contributed by atoms with van der Waals surface area (Å²) < 4.78 is 0. The fourth-order valence-corrected chi connectivity index (χ4v) is 0.905. The number of rotatable bonds is 2. The van der Waals surface area contributed by atoms with Crippen LogP contribution in [0.4, 0.5) is 0 Å². The topological polar surface area (TPSA) is 112 Å². The average Bonchev–Trinajstić information content (AvgIpc) is 2.04. The maximum absolute atomic E-state index is 10.4. The lowest BCUT2D eigenvalue weighted by molar-refractivity contribution is -0.554. The first-order chi connectivity index (χ1) is 5.96. The Morgan fingerprint density at radius 2 is 2.08 bits per heavy atom. The summed E-state index contributed by atoms with van der Waals surface area (Å²) in [6.07, 6.45) is 3.06. The van der Waals surface area contributed by atoms with Crippen LogP contribution < -0.4 is 5.73 Å². The first-order valence-corrected chi connectivity index (χ1v) is 3.43. The van der Waals surface area contributed by atoms with Crippen molar-refractivity contribution < 1.29 is 9.85 Å². The van der Waals surface area contributed by atoms with E-state index in [0.717, 1.165) is 18.2 Å². The lowest BCUT2D eigenvalue weighted by Gasteiger charge is -2.16. The monoisotopic (exact) mass is 185 g/mol. The molecule has 0 fully saturated rings. The molecule has 1 rings (SSSR count). The van der Waals surface area contributed by atoms with E-state index in [1.54, 1.807) is 0 Å². The molecule has 0 saturated heterocycles. The van der Waals surface area contributed by atoms with Gasteiger partial charge in [-0.3, -0.25) is 26.0 Å². The highest BCUT2D eigenvalue weighted by atomic mass is 16.6. The molecule has 0 amide bonds. The molecule has 0 aliphatic heterocycles. The van der Waals surface area contributed by atoms with Crippen molar-refractivity contribution in [1.82, 2.24) is 0 Å². The van der Waals surface area contributed by atoms with Crippen LogP contribution in [-0.4, -0.2) is 15.5 Å². The van der Waals surface area contributed by atoms with E-state index in [4.69, 9.17) is 5.73 Å². The standard InChI is InChI=1S/C6H7N3O4/c7-6(9(12)13)3-1-5(2-4-6)8(10)11/h1-3H,4,7H2. The second kappa shape index (κ2) is 2.94. The SMILES string of the molecule is NC1([N+](=O)[O-])C=CC([N+](=O)[O-])=CC1. The van der Waals surface area contributed by atoms with Crippen molar-refractivity contribution in [1.29, 1.82) is 0 Å². The van der Waals surface area contributed by atoms with E-state index in [1.165, 1.54) is 0 Å². The zero-order valence-electron chi connectivity index (χ0n) is 6.54. The summed E-state index contributed by atoms with van der Waals surface area (Å²) in [5.74, 6) is 0. The Morgan fingerprint density at radius 1 is 1.46 bits per heavy atom. The molecule has 0 aromatic heterocycles. The van der Waals surface area contributed by atoms with Gasteiger partial charge < -0.3 is 0 Å². The van der Waals surface area contributed by atoms with Crippen molar-refractivity contribution >= 4 is 0 Å². The minimum Gasteiger partial charge on any atom is -0.262 e. The van der Waals surface area contributed by atoms with Gasteiger partial charge in [-0.25, -0.2) is 0 Å². The van der Waals surface area contributed by atoms with Crippen LogP contribution in [0.5, 0.6) is 0 Å². The van der Waals surface area contributed by atoms with Gasteiger partial charge in [0, 0.05) is 23.2 Å². The van der Waals surface area contributed by atoms with Crippen molar-refractivity contribution in [2.75, 3.05) is 0 Å². The summed E-state index contributed by atoms with van der Waals surface area (Å²) in [4.78, 5) is 19.3. The fraction of sp³-hybridized carbons (Fsp3) is 0.333. The van der Waals surface area contributed by atoms with Crippen molar-refractivity contribution in [3.8, 4) is 0 Å². The maximum Gasteiger partial charge on any atom is 0.295 e. The first kappa shape index (κ1) is 9.33. The van der Waals surface area contributed by atoms with Gasteiger partial charge >= 0.3 is 0 Å². The molecule has 0 aromatic carbocycles. The summed E-state index contributed by atoms with van der Waals surface area (Å²) in [7, 11) is 0. The van der Waals surface area contributed by atoms with Crippen LogP contribution >= 0.6 is 0 Å². The summed E-state index contributed by atoms with van der Waals surface area (Å²) >= 11 is 0. The van der Waals surface area contributed by atoms with Gasteiger partial charge in [0.25, 0.3) is 11.4 Å². The van der Waals surface area contributed by atoms with E-state index in [9.17, 15) is 20.2 Å². The highest BCUT2D eigenvalue weighted by Gasteiger charge is 2.37. The number of nitro groups is 2. The number of nitrogens with two attached hydrogens (primary N) is 1. The van der Waals surface area contributed by atoms with Crippen molar-refractivity contribution in [2.45, 2.75) is 12.1 Å². The van der Waals surface area contributed by atoms with Crippen LogP contribution in [0.2, 0.25) is 0 Å². The Kier molecular flexibility index (Phi) is 2.11. The molecule has 0 saturated carbocycles. The number of nitrogens with zero attached hydrogens (tertiary/aromatic N) is 2. The Bertz CT molecular complexity index is 322. The molecule has 13 heavy (non-hydrogen) atoms. The van der Waals surface area contributed by atoms with Crippen LogP contribution in [0.1, 0.15) is 6.42 Å². The van der Waals surface area contributed by atoms with E-state index in [-0.39, 0.29) is 12.1 Å². The van der Waals surface area contributed by atoms with Crippen LogP contribution in [0, 0.1) is 20.2 Å². The Labute approximate surface area is 72.8 Å². The minimum atomic E-state index is -1.69. The molecular weight excluding hydrogens is 178 g/mol. The predicted molar refractivity (Wildman–Crippen MR) is 42.7 cm³/mol. The Morgan fingerprint density at radius 3 is 2.38 bits per heavy atom. The van der Waals surface area contributed by atoms with Gasteiger partial charge in [0.1, 0.15) is 0 Å². The van der Waals surface area contributed by atoms with E-state index in [0.29, 0.717) is 0 Å². The summed E-state index contributed by atoms with van der Waals surface area (Å²) in [6, 6.07) is 0. The van der Waals surface area contributed by atoms with E-state index in [1.807, 2.05) is 0 Å². The largest absolute Gasteiger partial charge is 0.295 e. The molecule has 70 valence electrons. The number of hydrogen-bond acceptors (Lipinski definition) is 5. The van der Waals surface area contributed by atoms with Gasteiger partial charge in [0.2, 0.25) is 0 Å². The normalized spacial score (nSPS) is 26.7. The van der Waals surface area contributed by atoms with Crippen LogP contribution in [0.25, 0.3) is 0 Å². The minimum absolute atomic E-state index is 0.160. The molecule has 1 aliphatic carbocycles. The molecule has 7 nitrogen and oxygen atoms in total. The molecule has 0 radical (unpaired) electrons. The lowest BCUT2D eigenvalue weighted by Crippen LogP contribution is -2.46. The molecule has 1 atom stereocenters. The quantitative estimate of drug-likeness (QED) is 0.370. The maximum atomic E-state index is 10.4. The smallest absolute Gasteiger partial charge is 0.262 e. The van der Waals surface area contributed by atoms with Crippen molar-refractivity contribution in [3.05, 3.63) is 44.2 Å². The molecular formula is C6H7N3O4. The summed E-state index contributed by atoms with van der Waals surface area (Å²) in [5, 5.41) is 20.6. The molecule has 0 heterocycles. The third-order valence-corrected chi connectivity index (χ3v) is 1.73. The third-order valence-electron chi connectivity index (χ3n) is 1.73. The second-order valence-electron chi connectivity index (χ2n) is 2.67. The second-order valence-corrected chi connectivity index (χ2v) is 2.67. The fourth-order valence-electron chi connectivity index (χ4n) is 0.905. The third kappa shape index (κ3) is 1.70. The summed E-state index contributed by atoms with van der Waals surface area (Å²) in [6.45, 7) is 0. The summed E-state index contributed by atoms with van der Waals surface area (Å²) in [5.41, 5.74) is 3.45. The van der Waals surface area contributed by atoms with E-state index < -0.39 is 15.5 Å². The number of hydrogen-bond donors (Lipinski definition) is 1. The van der Waals surface area contributed by atoms with E-state index in [2.05, 4.69) is 0 Å². The average molecular weight is 185 g/mol. The van der Waals surface area contributed by atoms with Crippen LogP contribution in [0.15, 0.2) is 23.9 Å². The highest BCUT2D eigenvalue weighted by Crippen LogP contribution is 2.18. The van der Waals surface area contributed by atoms with Gasteiger partial charge in [0.05, 0.1) is 11.3 Å². The van der Waals surface area contributed by atoms with E-state index >= 15 is 0 Å². The van der Waals surface area contributed by atoms with Crippen molar-refractivity contribution in [2.24, 2.45) is 5.73 Å². The zero-order chi connectivity index (χ0) is 10.1. The van der Waals surface area contributed by atoms with Gasteiger partial charge in [-0.2, -0.15) is 0 Å². The first-order valence-electron chi connectivity index (χ1n) is 3.43. The van der Waals surface area contributed by atoms with Crippen LogP contribution in [0.3, 0.4) is 0 Å². The predicted octanol–water partition coefficient (Wildman–Crippen LogP) is 0.0386. The Balaban J connectivity index is 2.85.